The number of rotatable bonds is 2. The molecule has 0 saturated carbocycles. The number of carbonyl (C=O) groups excluding carboxylic acids is 2. The number of anilines is 2. The lowest BCUT2D eigenvalue weighted by atomic mass is 10.1. The Bertz CT molecular complexity index is 1350. The largest absolute Gasteiger partial charge is 0.321 e. The van der Waals surface area contributed by atoms with Gasteiger partial charge in [0.1, 0.15) is 11.6 Å². The van der Waals surface area contributed by atoms with Gasteiger partial charge in [-0.15, -0.1) is 0 Å². The SMILES string of the molecule is O=C(Nc1nc2ccc(F)cc2s1)c1ccc2c(c1)NC(=O)c1cc(F)ccc1S2. The molecule has 9 heteroatoms. The fourth-order valence-electron chi connectivity index (χ4n) is 3.06. The molecule has 30 heavy (non-hydrogen) atoms. The first-order valence-electron chi connectivity index (χ1n) is 8.76. The number of carbonyl (C=O) groups is 2. The third kappa shape index (κ3) is 3.42. The van der Waals surface area contributed by atoms with Gasteiger partial charge in [-0.3, -0.25) is 14.9 Å². The van der Waals surface area contributed by atoms with Gasteiger partial charge in [-0.2, -0.15) is 0 Å². The minimum absolute atomic E-state index is 0.240. The lowest BCUT2D eigenvalue weighted by molar-refractivity contribution is 0.101. The molecule has 2 amide bonds. The van der Waals surface area contributed by atoms with Crippen LogP contribution in [0.5, 0.6) is 0 Å². The van der Waals surface area contributed by atoms with Gasteiger partial charge in [0.25, 0.3) is 11.8 Å². The van der Waals surface area contributed by atoms with Gasteiger partial charge in [0.15, 0.2) is 5.13 Å². The standard InChI is InChI=1S/C21H11F2N3O2S2/c22-11-3-6-16-13(8-11)20(28)24-15-7-10(1-5-17(15)29-16)19(27)26-21-25-14-4-2-12(23)9-18(14)30-21/h1-9H,(H,24,28)(H,25,26,27). The summed E-state index contributed by atoms with van der Waals surface area (Å²) in [4.78, 5) is 30.8. The number of nitrogens with one attached hydrogen (secondary N) is 2. The van der Waals surface area contributed by atoms with Crippen molar-refractivity contribution in [2.24, 2.45) is 0 Å². The maximum absolute atomic E-state index is 13.5. The number of hydrogen-bond donors (Lipinski definition) is 2. The Balaban J connectivity index is 1.42. The fourth-order valence-corrected chi connectivity index (χ4v) is 4.93. The molecule has 5 rings (SSSR count). The summed E-state index contributed by atoms with van der Waals surface area (Å²) in [7, 11) is 0. The molecule has 0 aliphatic carbocycles. The number of hydrogen-bond acceptors (Lipinski definition) is 5. The molecular weight excluding hydrogens is 428 g/mol. The lowest BCUT2D eigenvalue weighted by Crippen LogP contribution is -2.14. The van der Waals surface area contributed by atoms with Gasteiger partial charge in [-0.05, 0) is 54.6 Å². The normalized spacial score (nSPS) is 12.7. The topological polar surface area (TPSA) is 71.1 Å². The minimum atomic E-state index is -0.494. The van der Waals surface area contributed by atoms with E-state index in [9.17, 15) is 18.4 Å². The second-order valence-corrected chi connectivity index (χ2v) is 8.61. The van der Waals surface area contributed by atoms with E-state index in [0.29, 0.717) is 31.5 Å². The molecule has 0 atom stereocenters. The monoisotopic (exact) mass is 439 g/mol. The highest BCUT2D eigenvalue weighted by Crippen LogP contribution is 2.39. The van der Waals surface area contributed by atoms with Gasteiger partial charge < -0.3 is 5.32 Å². The van der Waals surface area contributed by atoms with Crippen molar-refractivity contribution in [2.75, 3.05) is 10.6 Å². The van der Waals surface area contributed by atoms with Gasteiger partial charge in [0, 0.05) is 15.4 Å². The zero-order valence-electron chi connectivity index (χ0n) is 15.0. The van der Waals surface area contributed by atoms with E-state index >= 15 is 0 Å². The van der Waals surface area contributed by atoms with E-state index in [0.717, 1.165) is 4.90 Å². The molecule has 1 aliphatic rings. The van der Waals surface area contributed by atoms with Crippen LogP contribution < -0.4 is 10.6 Å². The molecule has 2 N–H and O–H groups in total. The third-order valence-corrected chi connectivity index (χ3v) is 6.55. The number of benzene rings is 3. The molecule has 4 aromatic rings. The van der Waals surface area contributed by atoms with Crippen LogP contribution in [0.15, 0.2) is 64.4 Å². The molecule has 1 aliphatic heterocycles. The Kier molecular flexibility index (Phi) is 4.48. The molecule has 148 valence electrons. The number of thiazole rings is 1. The van der Waals surface area contributed by atoms with E-state index in [-0.39, 0.29) is 11.4 Å². The number of fused-ring (bicyclic) bond motifs is 3. The highest BCUT2D eigenvalue weighted by atomic mass is 32.2. The van der Waals surface area contributed by atoms with Crippen LogP contribution in [0.25, 0.3) is 10.2 Å². The van der Waals surface area contributed by atoms with Crippen molar-refractivity contribution in [3.8, 4) is 0 Å². The summed E-state index contributed by atoms with van der Waals surface area (Å²) in [5.74, 6) is -1.72. The molecule has 2 heterocycles. The average molecular weight is 439 g/mol. The van der Waals surface area contributed by atoms with Crippen molar-refractivity contribution < 1.29 is 18.4 Å². The lowest BCUT2D eigenvalue weighted by Gasteiger charge is -2.08. The van der Waals surface area contributed by atoms with Gasteiger partial charge >= 0.3 is 0 Å². The Morgan fingerprint density at radius 1 is 0.967 bits per heavy atom. The maximum atomic E-state index is 13.5. The summed E-state index contributed by atoms with van der Waals surface area (Å²) in [6.07, 6.45) is 0. The van der Waals surface area contributed by atoms with Gasteiger partial charge in [0.2, 0.25) is 0 Å². The molecule has 0 fully saturated rings. The summed E-state index contributed by atoms with van der Waals surface area (Å²) in [5.41, 5.74) is 1.61. The Morgan fingerprint density at radius 3 is 2.60 bits per heavy atom. The first-order chi connectivity index (χ1) is 14.5. The van der Waals surface area contributed by atoms with E-state index in [4.69, 9.17) is 0 Å². The van der Waals surface area contributed by atoms with Gasteiger partial charge in [-0.25, -0.2) is 13.8 Å². The van der Waals surface area contributed by atoms with Crippen molar-refractivity contribution >= 4 is 55.9 Å². The number of halogens is 2. The first-order valence-corrected chi connectivity index (χ1v) is 10.4. The minimum Gasteiger partial charge on any atom is -0.321 e. The average Bonchev–Trinajstić information content (AvgIpc) is 3.05. The summed E-state index contributed by atoms with van der Waals surface area (Å²) in [5, 5.41) is 5.78. The summed E-state index contributed by atoms with van der Waals surface area (Å²) in [6.45, 7) is 0. The summed E-state index contributed by atoms with van der Waals surface area (Å²) >= 11 is 2.48. The van der Waals surface area contributed by atoms with Gasteiger partial charge in [-0.1, -0.05) is 23.1 Å². The van der Waals surface area contributed by atoms with E-state index in [1.54, 1.807) is 30.3 Å². The second-order valence-electron chi connectivity index (χ2n) is 6.49. The zero-order chi connectivity index (χ0) is 20.8. The van der Waals surface area contributed by atoms with Crippen molar-refractivity contribution in [3.63, 3.8) is 0 Å². The van der Waals surface area contributed by atoms with Crippen molar-refractivity contribution in [1.82, 2.24) is 4.98 Å². The van der Waals surface area contributed by atoms with Crippen LogP contribution in [0.4, 0.5) is 19.6 Å². The van der Waals surface area contributed by atoms with E-state index < -0.39 is 17.6 Å². The molecular formula is C21H11F2N3O2S2. The van der Waals surface area contributed by atoms with E-state index in [1.807, 2.05) is 0 Å². The zero-order valence-corrected chi connectivity index (χ0v) is 16.7. The van der Waals surface area contributed by atoms with Crippen LogP contribution in [-0.2, 0) is 0 Å². The predicted octanol–water partition coefficient (Wildman–Crippen LogP) is 5.54. The molecule has 3 aromatic carbocycles. The predicted molar refractivity (Wildman–Crippen MR) is 112 cm³/mol. The Morgan fingerprint density at radius 2 is 1.73 bits per heavy atom. The van der Waals surface area contributed by atoms with Crippen LogP contribution in [0.1, 0.15) is 20.7 Å². The number of amides is 2. The fraction of sp³-hybridized carbons (Fsp3) is 0. The van der Waals surface area contributed by atoms with Crippen molar-refractivity contribution in [3.05, 3.63) is 77.4 Å². The molecule has 1 aromatic heterocycles. The Hall–Kier alpha value is -3.30. The number of nitrogens with zero attached hydrogens (tertiary/aromatic N) is 1. The van der Waals surface area contributed by atoms with E-state index in [1.165, 1.54) is 47.4 Å². The third-order valence-electron chi connectivity index (χ3n) is 4.47. The van der Waals surface area contributed by atoms with Crippen LogP contribution >= 0.6 is 23.1 Å². The Labute approximate surface area is 177 Å². The highest BCUT2D eigenvalue weighted by molar-refractivity contribution is 7.99. The second kappa shape index (κ2) is 7.19. The number of aromatic nitrogens is 1. The van der Waals surface area contributed by atoms with Gasteiger partial charge in [0.05, 0.1) is 21.5 Å². The molecule has 0 unspecified atom stereocenters. The highest BCUT2D eigenvalue weighted by Gasteiger charge is 2.22. The molecule has 0 spiro atoms. The van der Waals surface area contributed by atoms with Crippen LogP contribution in [0.3, 0.4) is 0 Å². The first kappa shape index (κ1) is 18.7. The van der Waals surface area contributed by atoms with Crippen molar-refractivity contribution in [1.29, 1.82) is 0 Å². The maximum Gasteiger partial charge on any atom is 0.257 e. The molecule has 0 saturated heterocycles. The smallest absolute Gasteiger partial charge is 0.257 e. The van der Waals surface area contributed by atoms with Crippen LogP contribution in [0.2, 0.25) is 0 Å². The van der Waals surface area contributed by atoms with Crippen LogP contribution in [0, 0.1) is 11.6 Å². The summed E-state index contributed by atoms with van der Waals surface area (Å²) in [6, 6.07) is 13.2. The van der Waals surface area contributed by atoms with Crippen molar-refractivity contribution in [2.45, 2.75) is 9.79 Å². The molecule has 0 bridgehead atoms. The molecule has 5 nitrogen and oxygen atoms in total. The quantitative estimate of drug-likeness (QED) is 0.430. The summed E-state index contributed by atoms with van der Waals surface area (Å²) < 4.78 is 27.5. The van der Waals surface area contributed by atoms with Crippen LogP contribution in [-0.4, -0.2) is 16.8 Å². The molecule has 0 radical (unpaired) electrons. The van der Waals surface area contributed by atoms with E-state index in [2.05, 4.69) is 15.6 Å².